The Hall–Kier alpha value is -3.20. The number of carboxylic acids is 1. The van der Waals surface area contributed by atoms with Gasteiger partial charge >= 0.3 is 5.97 Å². The summed E-state index contributed by atoms with van der Waals surface area (Å²) in [6, 6.07) is 15.0. The molecular weight excluding hydrogens is 468 g/mol. The third-order valence-electron chi connectivity index (χ3n) is 6.27. The molecule has 184 valence electrons. The Balaban J connectivity index is 1.59. The van der Waals surface area contributed by atoms with Gasteiger partial charge in [-0.3, -0.25) is 14.5 Å². The highest BCUT2D eigenvalue weighted by Gasteiger charge is 2.38. The number of hydrazone groups is 1. The van der Waals surface area contributed by atoms with E-state index in [9.17, 15) is 14.7 Å². The molecule has 1 fully saturated rings. The van der Waals surface area contributed by atoms with Gasteiger partial charge in [0.25, 0.3) is 5.91 Å². The molecule has 4 rings (SSSR count). The quantitative estimate of drug-likeness (QED) is 0.542. The Kier molecular flexibility index (Phi) is 7.85. The number of carbonyl (C=O) groups is 2. The first-order chi connectivity index (χ1) is 16.9. The fraction of sp³-hybridized carbons (Fsp3) is 0.346. The largest absolute Gasteiger partial charge is 0.481 e. The van der Waals surface area contributed by atoms with Gasteiger partial charge in [0, 0.05) is 31.9 Å². The van der Waals surface area contributed by atoms with Crippen LogP contribution in [0.3, 0.4) is 0 Å². The normalized spacial score (nSPS) is 18.9. The third-order valence-corrected chi connectivity index (χ3v) is 6.59. The monoisotopic (exact) mass is 496 g/mol. The molecule has 0 aliphatic carbocycles. The first kappa shape index (κ1) is 24.9. The molecule has 0 saturated carbocycles. The van der Waals surface area contributed by atoms with Gasteiger partial charge in [0.1, 0.15) is 0 Å². The molecule has 2 N–H and O–H groups in total. The van der Waals surface area contributed by atoms with E-state index in [1.807, 2.05) is 12.1 Å². The van der Waals surface area contributed by atoms with Crippen LogP contribution in [0.15, 0.2) is 64.9 Å². The zero-order valence-electron chi connectivity index (χ0n) is 19.8. The van der Waals surface area contributed by atoms with Gasteiger partial charge in [0.05, 0.1) is 41.1 Å². The molecule has 1 unspecified atom stereocenters. The summed E-state index contributed by atoms with van der Waals surface area (Å²) in [6.07, 6.45) is 0. The van der Waals surface area contributed by atoms with Gasteiger partial charge in [-0.1, -0.05) is 48.0 Å². The number of nitrogens with zero attached hydrogens (tertiary/aromatic N) is 3. The van der Waals surface area contributed by atoms with Crippen molar-refractivity contribution in [3.8, 4) is 0 Å². The van der Waals surface area contributed by atoms with Crippen LogP contribution in [0.5, 0.6) is 0 Å². The maximum absolute atomic E-state index is 13.4. The summed E-state index contributed by atoms with van der Waals surface area (Å²) < 4.78 is 5.45. The summed E-state index contributed by atoms with van der Waals surface area (Å²) in [4.78, 5) is 27.6. The average molecular weight is 497 g/mol. The number of nitrogens with one attached hydrogen (secondary N) is 1. The van der Waals surface area contributed by atoms with Crippen LogP contribution in [0.25, 0.3) is 0 Å². The summed E-state index contributed by atoms with van der Waals surface area (Å²) in [7, 11) is 0. The molecule has 8 nitrogen and oxygen atoms in total. The van der Waals surface area contributed by atoms with Crippen molar-refractivity contribution in [2.24, 2.45) is 11.0 Å². The predicted molar refractivity (Wildman–Crippen MR) is 135 cm³/mol. The second-order valence-corrected chi connectivity index (χ2v) is 9.03. The number of amides is 1. The molecule has 35 heavy (non-hydrogen) atoms. The SMILES string of the molecule is C/C(NCc1ccccc1CN1CCOCC1)=C1\C(=O)N(c2ccccc2Cl)N=C1C(C)C(=O)O. The fourth-order valence-corrected chi connectivity index (χ4v) is 4.39. The number of para-hydroxylation sites is 1. The van der Waals surface area contributed by atoms with Crippen molar-refractivity contribution in [2.45, 2.75) is 26.9 Å². The second-order valence-electron chi connectivity index (χ2n) is 8.62. The summed E-state index contributed by atoms with van der Waals surface area (Å²) in [5.41, 5.74) is 3.74. The summed E-state index contributed by atoms with van der Waals surface area (Å²) in [5, 5.41) is 18.9. The Labute approximate surface area is 209 Å². The smallest absolute Gasteiger partial charge is 0.312 e. The van der Waals surface area contributed by atoms with Crippen LogP contribution in [0.2, 0.25) is 5.02 Å². The molecule has 2 aliphatic heterocycles. The van der Waals surface area contributed by atoms with E-state index in [1.54, 1.807) is 31.2 Å². The van der Waals surface area contributed by atoms with Gasteiger partial charge in [-0.25, -0.2) is 0 Å². The number of anilines is 1. The lowest BCUT2D eigenvalue weighted by molar-refractivity contribution is -0.138. The molecule has 2 heterocycles. The number of ether oxygens (including phenoxy) is 1. The molecule has 9 heteroatoms. The van der Waals surface area contributed by atoms with Crippen LogP contribution in [0.1, 0.15) is 25.0 Å². The van der Waals surface area contributed by atoms with E-state index in [1.165, 1.54) is 17.5 Å². The molecule has 0 aromatic heterocycles. The summed E-state index contributed by atoms with van der Waals surface area (Å²) in [6.45, 7) is 7.86. The van der Waals surface area contributed by atoms with Crippen molar-refractivity contribution in [3.63, 3.8) is 0 Å². The first-order valence-corrected chi connectivity index (χ1v) is 12.0. The Bertz CT molecular complexity index is 1170. The number of aliphatic carboxylic acids is 1. The number of halogens is 1. The summed E-state index contributed by atoms with van der Waals surface area (Å²) in [5.74, 6) is -2.43. The number of allylic oxidation sites excluding steroid dienone is 1. The van der Waals surface area contributed by atoms with E-state index in [0.717, 1.165) is 38.4 Å². The van der Waals surface area contributed by atoms with Gasteiger partial charge in [-0.05, 0) is 37.1 Å². The van der Waals surface area contributed by atoms with Crippen molar-refractivity contribution in [3.05, 3.63) is 76.0 Å². The highest BCUT2D eigenvalue weighted by molar-refractivity contribution is 6.37. The Morgan fingerprint density at radius 1 is 1.14 bits per heavy atom. The van der Waals surface area contributed by atoms with E-state index in [0.29, 0.717) is 23.0 Å². The van der Waals surface area contributed by atoms with Gasteiger partial charge in [0.15, 0.2) is 0 Å². The van der Waals surface area contributed by atoms with Crippen molar-refractivity contribution < 1.29 is 19.4 Å². The van der Waals surface area contributed by atoms with Crippen molar-refractivity contribution in [2.75, 3.05) is 31.3 Å². The number of rotatable bonds is 8. The van der Waals surface area contributed by atoms with E-state index in [4.69, 9.17) is 16.3 Å². The van der Waals surface area contributed by atoms with E-state index in [-0.39, 0.29) is 11.3 Å². The van der Waals surface area contributed by atoms with E-state index in [2.05, 4.69) is 27.5 Å². The molecule has 0 bridgehead atoms. The second kappa shape index (κ2) is 11.0. The third kappa shape index (κ3) is 5.56. The number of hydrogen-bond donors (Lipinski definition) is 2. The van der Waals surface area contributed by atoms with Crippen LogP contribution in [-0.4, -0.2) is 53.9 Å². The number of carbonyl (C=O) groups excluding carboxylic acids is 1. The zero-order valence-corrected chi connectivity index (χ0v) is 20.6. The fourth-order valence-electron chi connectivity index (χ4n) is 4.18. The van der Waals surface area contributed by atoms with Gasteiger partial charge < -0.3 is 15.2 Å². The summed E-state index contributed by atoms with van der Waals surface area (Å²) >= 11 is 6.30. The molecule has 0 radical (unpaired) electrons. The van der Waals surface area contributed by atoms with Gasteiger partial charge in [-0.15, -0.1) is 0 Å². The minimum Gasteiger partial charge on any atom is -0.481 e. The van der Waals surface area contributed by atoms with Crippen LogP contribution >= 0.6 is 11.6 Å². The molecule has 2 aromatic rings. The topological polar surface area (TPSA) is 94.5 Å². The number of carboxylic acid groups (broad SMARTS) is 1. The standard InChI is InChI=1S/C26H29ClN4O4/c1-17(26(33)34)24-23(25(32)31(29-24)22-10-6-5-9-21(22)27)18(2)28-15-19-7-3-4-8-20(19)16-30-11-13-35-14-12-30/h3-10,17,28H,11-16H2,1-2H3,(H,33,34)/b23-18+. The highest BCUT2D eigenvalue weighted by atomic mass is 35.5. The molecular formula is C26H29ClN4O4. The lowest BCUT2D eigenvalue weighted by Crippen LogP contribution is -2.36. The van der Waals surface area contributed by atoms with Crippen molar-refractivity contribution in [1.29, 1.82) is 0 Å². The Morgan fingerprint density at radius 2 is 1.80 bits per heavy atom. The van der Waals surface area contributed by atoms with Crippen molar-refractivity contribution >= 4 is 34.9 Å². The predicted octanol–water partition coefficient (Wildman–Crippen LogP) is 3.66. The molecule has 2 aliphatic rings. The Morgan fingerprint density at radius 3 is 2.49 bits per heavy atom. The molecule has 2 aromatic carbocycles. The van der Waals surface area contributed by atoms with E-state index < -0.39 is 17.8 Å². The van der Waals surface area contributed by atoms with Crippen LogP contribution in [0, 0.1) is 5.92 Å². The van der Waals surface area contributed by atoms with Crippen LogP contribution < -0.4 is 10.3 Å². The molecule has 1 amide bonds. The van der Waals surface area contributed by atoms with Crippen LogP contribution in [0.4, 0.5) is 5.69 Å². The zero-order chi connectivity index (χ0) is 24.9. The van der Waals surface area contributed by atoms with Gasteiger partial charge in [0.2, 0.25) is 0 Å². The lowest BCUT2D eigenvalue weighted by atomic mass is 9.97. The van der Waals surface area contributed by atoms with E-state index >= 15 is 0 Å². The van der Waals surface area contributed by atoms with Gasteiger partial charge in [-0.2, -0.15) is 10.1 Å². The minimum atomic E-state index is -1.06. The molecule has 1 saturated heterocycles. The molecule has 1 atom stereocenters. The number of hydrogen-bond acceptors (Lipinski definition) is 6. The lowest BCUT2D eigenvalue weighted by Gasteiger charge is -2.27. The molecule has 0 spiro atoms. The average Bonchev–Trinajstić information content (AvgIpc) is 3.20. The van der Waals surface area contributed by atoms with Crippen molar-refractivity contribution in [1.82, 2.24) is 10.2 Å². The first-order valence-electron chi connectivity index (χ1n) is 11.6. The van der Waals surface area contributed by atoms with Crippen LogP contribution in [-0.2, 0) is 27.4 Å². The maximum Gasteiger partial charge on any atom is 0.312 e. The minimum absolute atomic E-state index is 0.203. The highest BCUT2D eigenvalue weighted by Crippen LogP contribution is 2.32. The number of morpholine rings is 1. The number of benzene rings is 2. The maximum atomic E-state index is 13.4.